The van der Waals surface area contributed by atoms with Gasteiger partial charge in [-0.25, -0.2) is 9.67 Å². The molecule has 0 unspecified atom stereocenters. The second kappa shape index (κ2) is 7.57. The lowest BCUT2D eigenvalue weighted by Crippen LogP contribution is -2.45. The van der Waals surface area contributed by atoms with Crippen molar-refractivity contribution >= 4 is 11.8 Å². The average Bonchev–Trinajstić information content (AvgIpc) is 3.57. The Morgan fingerprint density at radius 3 is 2.38 bits per heavy atom. The smallest absolute Gasteiger partial charge is 0.253 e. The van der Waals surface area contributed by atoms with Gasteiger partial charge in [-0.2, -0.15) is 5.10 Å². The Morgan fingerprint density at radius 1 is 0.897 bits per heavy atom. The molecule has 0 N–H and O–H groups in total. The molecule has 2 aromatic heterocycles. The van der Waals surface area contributed by atoms with Crippen LogP contribution in [0, 0.1) is 5.92 Å². The van der Waals surface area contributed by atoms with Crippen LogP contribution in [0.5, 0.6) is 0 Å². The van der Waals surface area contributed by atoms with Crippen LogP contribution in [-0.4, -0.2) is 67.5 Å². The quantitative estimate of drug-likeness (QED) is 0.788. The number of aromatic nitrogens is 4. The number of pyridine rings is 1. The maximum absolute atomic E-state index is 13.1. The zero-order valence-corrected chi connectivity index (χ0v) is 16.5. The summed E-state index contributed by atoms with van der Waals surface area (Å²) in [5.41, 5.74) is 0.657. The number of hydrogen-bond acceptors (Lipinski definition) is 5. The first-order chi connectivity index (χ1) is 14.2. The van der Waals surface area contributed by atoms with Crippen LogP contribution in [0.25, 0.3) is 0 Å². The summed E-state index contributed by atoms with van der Waals surface area (Å²) in [6.07, 6.45) is 7.89. The van der Waals surface area contributed by atoms with Crippen LogP contribution < -0.4 is 0 Å². The fourth-order valence-electron chi connectivity index (χ4n) is 4.32. The van der Waals surface area contributed by atoms with Crippen LogP contribution in [-0.2, 0) is 17.8 Å². The molecule has 0 radical (unpaired) electrons. The molecule has 3 aliphatic rings. The predicted octanol–water partition coefficient (Wildman–Crippen LogP) is 1.49. The van der Waals surface area contributed by atoms with E-state index in [0.29, 0.717) is 37.7 Å². The Morgan fingerprint density at radius 2 is 1.66 bits per heavy atom. The highest BCUT2D eigenvalue weighted by molar-refractivity contribution is 5.94. The zero-order chi connectivity index (χ0) is 19.8. The number of nitrogens with zero attached hydrogens (tertiary/aromatic N) is 6. The molecule has 4 heterocycles. The third-order valence-electron chi connectivity index (χ3n) is 6.26. The SMILES string of the molecule is O=C(c1ccncc1)N1CCC(C(=O)N2CCc3nc(C4CC4)nn3CC2)CC1. The first-order valence-corrected chi connectivity index (χ1v) is 10.6. The van der Waals surface area contributed by atoms with Gasteiger partial charge in [0.25, 0.3) is 5.91 Å². The summed E-state index contributed by atoms with van der Waals surface area (Å²) >= 11 is 0. The summed E-state index contributed by atoms with van der Waals surface area (Å²) in [6.45, 7) is 3.37. The van der Waals surface area contributed by atoms with Gasteiger partial charge in [0, 0.05) is 62.4 Å². The molecule has 1 aliphatic carbocycles. The van der Waals surface area contributed by atoms with Crippen molar-refractivity contribution in [1.82, 2.24) is 29.5 Å². The fraction of sp³-hybridized carbons (Fsp3) is 0.571. The highest BCUT2D eigenvalue weighted by Gasteiger charge is 2.33. The molecule has 152 valence electrons. The Hall–Kier alpha value is -2.77. The van der Waals surface area contributed by atoms with Gasteiger partial charge >= 0.3 is 0 Å². The summed E-state index contributed by atoms with van der Waals surface area (Å²) in [6, 6.07) is 3.48. The van der Waals surface area contributed by atoms with E-state index in [1.54, 1.807) is 24.5 Å². The molecule has 2 amide bonds. The molecule has 2 aliphatic heterocycles. The van der Waals surface area contributed by atoms with E-state index in [1.807, 2.05) is 14.5 Å². The Kier molecular flexibility index (Phi) is 4.77. The maximum atomic E-state index is 13.1. The molecule has 2 fully saturated rings. The van der Waals surface area contributed by atoms with Crippen molar-refractivity contribution in [2.24, 2.45) is 5.92 Å². The number of fused-ring (bicyclic) bond motifs is 1. The van der Waals surface area contributed by atoms with Crippen LogP contribution >= 0.6 is 0 Å². The minimum atomic E-state index is -0.00287. The Labute approximate surface area is 169 Å². The normalized spacial score (nSPS) is 20.3. The van der Waals surface area contributed by atoms with E-state index in [9.17, 15) is 9.59 Å². The van der Waals surface area contributed by atoms with Crippen molar-refractivity contribution in [3.05, 3.63) is 41.7 Å². The monoisotopic (exact) mass is 394 g/mol. The van der Waals surface area contributed by atoms with Gasteiger partial charge in [0.1, 0.15) is 5.82 Å². The van der Waals surface area contributed by atoms with Gasteiger partial charge in [0.05, 0.1) is 6.54 Å². The summed E-state index contributed by atoms with van der Waals surface area (Å²) in [4.78, 5) is 38.1. The molecule has 29 heavy (non-hydrogen) atoms. The summed E-state index contributed by atoms with van der Waals surface area (Å²) in [7, 11) is 0. The van der Waals surface area contributed by atoms with Gasteiger partial charge in [0.15, 0.2) is 5.82 Å². The van der Waals surface area contributed by atoms with Crippen LogP contribution in [0.3, 0.4) is 0 Å². The first-order valence-electron chi connectivity index (χ1n) is 10.6. The van der Waals surface area contributed by atoms with Gasteiger partial charge in [-0.15, -0.1) is 0 Å². The lowest BCUT2D eigenvalue weighted by molar-refractivity contribution is -0.136. The first kappa shape index (κ1) is 18.3. The molecule has 0 spiro atoms. The Balaban J connectivity index is 1.16. The van der Waals surface area contributed by atoms with Crippen molar-refractivity contribution in [3.8, 4) is 0 Å². The standard InChI is InChI=1S/C21H26N6O2/c28-20(16-3-8-22-9-4-16)25-10-5-17(6-11-25)21(29)26-12-7-18-23-19(15-1-2-15)24-27(18)14-13-26/h3-4,8-9,15,17H,1-2,5-7,10-14H2. The summed E-state index contributed by atoms with van der Waals surface area (Å²) in [5, 5.41) is 4.66. The number of carbonyl (C=O) groups is 2. The zero-order valence-electron chi connectivity index (χ0n) is 16.5. The largest absolute Gasteiger partial charge is 0.340 e. The molecule has 0 aromatic carbocycles. The molecular weight excluding hydrogens is 368 g/mol. The number of piperidine rings is 1. The van der Waals surface area contributed by atoms with E-state index in [-0.39, 0.29) is 17.7 Å². The molecule has 1 saturated heterocycles. The minimum absolute atomic E-state index is 0.00287. The number of hydrogen-bond donors (Lipinski definition) is 0. The topological polar surface area (TPSA) is 84.2 Å². The van der Waals surface area contributed by atoms with Crippen LogP contribution in [0.2, 0.25) is 0 Å². The van der Waals surface area contributed by atoms with Crippen LogP contribution in [0.1, 0.15) is 53.6 Å². The van der Waals surface area contributed by atoms with Gasteiger partial charge in [-0.3, -0.25) is 14.6 Å². The Bertz CT molecular complexity index is 874. The van der Waals surface area contributed by atoms with E-state index < -0.39 is 0 Å². The average molecular weight is 394 g/mol. The minimum Gasteiger partial charge on any atom is -0.340 e. The fourth-order valence-corrected chi connectivity index (χ4v) is 4.32. The van der Waals surface area contributed by atoms with Gasteiger partial charge in [0.2, 0.25) is 5.91 Å². The molecule has 1 saturated carbocycles. The number of likely N-dealkylation sites (tertiary alicyclic amines) is 1. The van der Waals surface area contributed by atoms with E-state index in [2.05, 4.69) is 10.1 Å². The van der Waals surface area contributed by atoms with Crippen molar-refractivity contribution in [2.45, 2.75) is 44.6 Å². The number of carbonyl (C=O) groups excluding carboxylic acids is 2. The molecule has 5 rings (SSSR count). The second-order valence-corrected chi connectivity index (χ2v) is 8.26. The summed E-state index contributed by atoms with van der Waals surface area (Å²) < 4.78 is 2.00. The highest BCUT2D eigenvalue weighted by atomic mass is 16.2. The number of rotatable bonds is 3. The van der Waals surface area contributed by atoms with E-state index in [0.717, 1.165) is 37.5 Å². The van der Waals surface area contributed by atoms with E-state index in [1.165, 1.54) is 12.8 Å². The third-order valence-corrected chi connectivity index (χ3v) is 6.26. The van der Waals surface area contributed by atoms with Crippen molar-refractivity contribution in [2.75, 3.05) is 26.2 Å². The molecule has 2 aromatic rings. The van der Waals surface area contributed by atoms with Gasteiger partial charge in [-0.1, -0.05) is 0 Å². The van der Waals surface area contributed by atoms with E-state index in [4.69, 9.17) is 4.98 Å². The lowest BCUT2D eigenvalue weighted by Gasteiger charge is -2.34. The maximum Gasteiger partial charge on any atom is 0.253 e. The van der Waals surface area contributed by atoms with Crippen LogP contribution in [0.4, 0.5) is 0 Å². The third kappa shape index (κ3) is 3.75. The highest BCUT2D eigenvalue weighted by Crippen LogP contribution is 2.38. The molecule has 8 heteroatoms. The predicted molar refractivity (Wildman–Crippen MR) is 105 cm³/mol. The summed E-state index contributed by atoms with van der Waals surface area (Å²) in [5.74, 6) is 2.81. The van der Waals surface area contributed by atoms with Crippen molar-refractivity contribution in [1.29, 1.82) is 0 Å². The molecule has 8 nitrogen and oxygen atoms in total. The van der Waals surface area contributed by atoms with Crippen molar-refractivity contribution in [3.63, 3.8) is 0 Å². The van der Waals surface area contributed by atoms with Gasteiger partial charge in [-0.05, 0) is 37.8 Å². The number of amides is 2. The van der Waals surface area contributed by atoms with Crippen molar-refractivity contribution < 1.29 is 9.59 Å². The van der Waals surface area contributed by atoms with Gasteiger partial charge < -0.3 is 9.80 Å². The molecule has 0 atom stereocenters. The molecular formula is C21H26N6O2. The lowest BCUT2D eigenvalue weighted by atomic mass is 9.94. The van der Waals surface area contributed by atoms with E-state index >= 15 is 0 Å². The van der Waals surface area contributed by atoms with Crippen LogP contribution in [0.15, 0.2) is 24.5 Å². The second-order valence-electron chi connectivity index (χ2n) is 8.26. The molecule has 0 bridgehead atoms.